The van der Waals surface area contributed by atoms with Gasteiger partial charge in [-0.05, 0) is 6.92 Å². The molecule has 0 radical (unpaired) electrons. The SMILES string of the molecule is CC(=O)COC(=O)Cn1cnc2c1c(=O)n(C)c(=O)n2C. The summed E-state index contributed by atoms with van der Waals surface area (Å²) in [5.41, 5.74) is -0.747. The van der Waals surface area contributed by atoms with Crippen LogP contribution in [0.1, 0.15) is 6.92 Å². The highest BCUT2D eigenvalue weighted by Gasteiger charge is 2.16. The zero-order chi connectivity index (χ0) is 15.7. The van der Waals surface area contributed by atoms with Crippen LogP contribution in [0.3, 0.4) is 0 Å². The number of esters is 1. The van der Waals surface area contributed by atoms with E-state index in [1.54, 1.807) is 0 Å². The van der Waals surface area contributed by atoms with Gasteiger partial charge in [0.15, 0.2) is 16.9 Å². The van der Waals surface area contributed by atoms with Gasteiger partial charge in [0.05, 0.1) is 6.33 Å². The van der Waals surface area contributed by atoms with Crippen LogP contribution in [0.2, 0.25) is 0 Å². The summed E-state index contributed by atoms with van der Waals surface area (Å²) in [6, 6.07) is 0. The van der Waals surface area contributed by atoms with Crippen molar-refractivity contribution in [2.24, 2.45) is 14.1 Å². The lowest BCUT2D eigenvalue weighted by Crippen LogP contribution is -2.37. The van der Waals surface area contributed by atoms with Gasteiger partial charge < -0.3 is 9.30 Å². The van der Waals surface area contributed by atoms with Crippen molar-refractivity contribution in [1.29, 1.82) is 0 Å². The third-order valence-corrected chi connectivity index (χ3v) is 2.95. The number of aryl methyl sites for hydroxylation is 1. The van der Waals surface area contributed by atoms with Crippen molar-refractivity contribution >= 4 is 22.9 Å². The molecule has 0 unspecified atom stereocenters. The molecule has 0 atom stereocenters. The third kappa shape index (κ3) is 2.62. The first-order valence-corrected chi connectivity index (χ1v) is 6.09. The predicted molar refractivity (Wildman–Crippen MR) is 71.9 cm³/mol. The zero-order valence-electron chi connectivity index (χ0n) is 11.8. The molecule has 0 aliphatic rings. The molecule has 2 aromatic rings. The standard InChI is InChI=1S/C12H14N4O5/c1-7(17)5-21-8(18)4-16-6-13-10-9(16)11(19)15(3)12(20)14(10)2/h6H,4-5H2,1-3H3. The molecule has 0 saturated heterocycles. The number of fused-ring (bicyclic) bond motifs is 1. The molecule has 0 amide bonds. The van der Waals surface area contributed by atoms with Gasteiger partial charge in [-0.3, -0.25) is 23.5 Å². The number of nitrogens with zero attached hydrogens (tertiary/aromatic N) is 4. The molecule has 2 heterocycles. The summed E-state index contributed by atoms with van der Waals surface area (Å²) in [7, 11) is 2.82. The monoisotopic (exact) mass is 294 g/mol. The predicted octanol–water partition coefficient (Wildman–Crippen LogP) is -1.43. The second-order valence-corrected chi connectivity index (χ2v) is 4.61. The average molecular weight is 294 g/mol. The van der Waals surface area contributed by atoms with Crippen molar-refractivity contribution in [1.82, 2.24) is 18.7 Å². The molecule has 0 spiro atoms. The van der Waals surface area contributed by atoms with E-state index in [-0.39, 0.29) is 30.1 Å². The second kappa shape index (κ2) is 5.35. The summed E-state index contributed by atoms with van der Waals surface area (Å²) in [6.45, 7) is 0.713. The van der Waals surface area contributed by atoms with Gasteiger partial charge in [0, 0.05) is 14.1 Å². The lowest BCUT2D eigenvalue weighted by Gasteiger charge is -2.06. The largest absolute Gasteiger partial charge is 0.456 e. The lowest BCUT2D eigenvalue weighted by atomic mass is 10.4. The number of ether oxygens (including phenoxy) is 1. The first-order chi connectivity index (χ1) is 9.82. The van der Waals surface area contributed by atoms with Crippen molar-refractivity contribution in [3.8, 4) is 0 Å². The Labute approximate surface area is 118 Å². The maximum absolute atomic E-state index is 12.1. The van der Waals surface area contributed by atoms with Crippen LogP contribution in [-0.4, -0.2) is 37.0 Å². The van der Waals surface area contributed by atoms with Crippen molar-refractivity contribution in [3.63, 3.8) is 0 Å². The summed E-state index contributed by atoms with van der Waals surface area (Å²) < 4.78 is 8.17. The molecule has 0 bridgehead atoms. The summed E-state index contributed by atoms with van der Waals surface area (Å²) in [6.07, 6.45) is 1.28. The molecule has 0 aliphatic carbocycles. The Morgan fingerprint density at radius 1 is 1.24 bits per heavy atom. The molecule has 2 rings (SSSR count). The van der Waals surface area contributed by atoms with E-state index in [4.69, 9.17) is 4.74 Å². The van der Waals surface area contributed by atoms with Gasteiger partial charge >= 0.3 is 11.7 Å². The molecule has 0 aliphatic heterocycles. The maximum atomic E-state index is 12.1. The lowest BCUT2D eigenvalue weighted by molar-refractivity contribution is -0.148. The van der Waals surface area contributed by atoms with Gasteiger partial charge in [0.2, 0.25) is 0 Å². The van der Waals surface area contributed by atoms with Gasteiger partial charge in [0.25, 0.3) is 5.56 Å². The van der Waals surface area contributed by atoms with Crippen molar-refractivity contribution in [3.05, 3.63) is 27.2 Å². The number of hydrogen-bond donors (Lipinski definition) is 0. The van der Waals surface area contributed by atoms with Gasteiger partial charge in [-0.25, -0.2) is 9.78 Å². The third-order valence-electron chi connectivity index (χ3n) is 2.95. The van der Waals surface area contributed by atoms with Crippen LogP contribution in [0.15, 0.2) is 15.9 Å². The van der Waals surface area contributed by atoms with Crippen molar-refractivity contribution in [2.75, 3.05) is 6.61 Å². The smallest absolute Gasteiger partial charge is 0.332 e. The van der Waals surface area contributed by atoms with Gasteiger partial charge in [-0.15, -0.1) is 0 Å². The highest BCUT2D eigenvalue weighted by Crippen LogP contribution is 2.05. The minimum atomic E-state index is -0.666. The minimum Gasteiger partial charge on any atom is -0.456 e. The van der Waals surface area contributed by atoms with E-state index < -0.39 is 17.2 Å². The van der Waals surface area contributed by atoms with E-state index in [2.05, 4.69) is 4.98 Å². The fourth-order valence-electron chi connectivity index (χ4n) is 1.88. The maximum Gasteiger partial charge on any atom is 0.332 e. The summed E-state index contributed by atoms with van der Waals surface area (Å²) in [5, 5.41) is 0. The molecule has 0 fully saturated rings. The summed E-state index contributed by atoms with van der Waals surface area (Å²) in [5.74, 6) is -0.947. The number of carbonyl (C=O) groups excluding carboxylic acids is 2. The van der Waals surface area contributed by atoms with Gasteiger partial charge in [-0.1, -0.05) is 0 Å². The van der Waals surface area contributed by atoms with E-state index in [0.717, 1.165) is 4.57 Å². The molecule has 0 aromatic carbocycles. The number of hydrogen-bond acceptors (Lipinski definition) is 6. The van der Waals surface area contributed by atoms with Crippen LogP contribution in [0.25, 0.3) is 11.2 Å². The molecule has 2 aromatic heterocycles. The van der Waals surface area contributed by atoms with Gasteiger partial charge in [-0.2, -0.15) is 0 Å². The molecule has 0 saturated carbocycles. The number of imidazole rings is 1. The Morgan fingerprint density at radius 3 is 2.52 bits per heavy atom. The summed E-state index contributed by atoms with van der Waals surface area (Å²) in [4.78, 5) is 50.2. The molecule has 112 valence electrons. The van der Waals surface area contributed by atoms with Crippen LogP contribution in [0, 0.1) is 0 Å². The quantitative estimate of drug-likeness (QED) is 0.640. The van der Waals surface area contributed by atoms with E-state index in [9.17, 15) is 19.2 Å². The normalized spacial score (nSPS) is 10.8. The first-order valence-electron chi connectivity index (χ1n) is 6.09. The molecule has 0 N–H and O–H groups in total. The highest BCUT2D eigenvalue weighted by molar-refractivity contribution is 5.80. The fraction of sp³-hybridized carbons (Fsp3) is 0.417. The van der Waals surface area contributed by atoms with Crippen molar-refractivity contribution < 1.29 is 14.3 Å². The van der Waals surface area contributed by atoms with Crippen LogP contribution >= 0.6 is 0 Å². The van der Waals surface area contributed by atoms with E-state index in [1.807, 2.05) is 0 Å². The summed E-state index contributed by atoms with van der Waals surface area (Å²) >= 11 is 0. The Bertz CT molecular complexity index is 842. The average Bonchev–Trinajstić information content (AvgIpc) is 2.84. The van der Waals surface area contributed by atoms with E-state index >= 15 is 0 Å². The number of rotatable bonds is 4. The Kier molecular flexibility index (Phi) is 3.74. The van der Waals surface area contributed by atoms with Crippen molar-refractivity contribution in [2.45, 2.75) is 13.5 Å². The first kappa shape index (κ1) is 14.7. The van der Waals surface area contributed by atoms with Crippen LogP contribution in [-0.2, 0) is 35.0 Å². The van der Waals surface area contributed by atoms with Crippen LogP contribution < -0.4 is 11.2 Å². The van der Waals surface area contributed by atoms with E-state index in [1.165, 1.54) is 36.5 Å². The number of ketones is 1. The zero-order valence-corrected chi connectivity index (χ0v) is 11.8. The van der Waals surface area contributed by atoms with E-state index in [0.29, 0.717) is 0 Å². The van der Waals surface area contributed by atoms with Crippen LogP contribution in [0.5, 0.6) is 0 Å². The minimum absolute atomic E-state index is 0.124. The molecule has 21 heavy (non-hydrogen) atoms. The Balaban J connectivity index is 2.43. The number of Topliss-reactive ketones (excluding diaryl/α,β-unsaturated/α-hetero) is 1. The Hall–Kier alpha value is -2.71. The highest BCUT2D eigenvalue weighted by atomic mass is 16.5. The molecular weight excluding hydrogens is 280 g/mol. The van der Waals surface area contributed by atoms with Gasteiger partial charge in [0.1, 0.15) is 13.2 Å². The second-order valence-electron chi connectivity index (χ2n) is 4.61. The molecule has 9 nitrogen and oxygen atoms in total. The molecular formula is C12H14N4O5. The van der Waals surface area contributed by atoms with Crippen LogP contribution in [0.4, 0.5) is 0 Å². The Morgan fingerprint density at radius 2 is 1.90 bits per heavy atom. The number of carbonyl (C=O) groups is 2. The number of aromatic nitrogens is 4. The topological polar surface area (TPSA) is 105 Å². The fourth-order valence-corrected chi connectivity index (χ4v) is 1.88. The molecule has 9 heteroatoms.